The fourth-order valence-corrected chi connectivity index (χ4v) is 5.24. The quantitative estimate of drug-likeness (QED) is 0.495. The van der Waals surface area contributed by atoms with Gasteiger partial charge in [0.05, 0.1) is 6.20 Å². The lowest BCUT2D eigenvalue weighted by Gasteiger charge is -2.37. The van der Waals surface area contributed by atoms with Crippen LogP contribution in [-0.4, -0.2) is 33.7 Å². The molecular weight excluding hydrogens is 446 g/mol. The third-order valence-corrected chi connectivity index (χ3v) is 6.86. The van der Waals surface area contributed by atoms with Gasteiger partial charge in [-0.05, 0) is 65.8 Å². The van der Waals surface area contributed by atoms with Gasteiger partial charge in [-0.2, -0.15) is 5.10 Å². The standard InChI is InChI=1S/C25H25ClF2N4O/c1-15(33)31-7-5-16-8-19(26)10-24(22(16)14-31)32-6-3-4-17-9-20(18-12-29-30(2)13-18)21(25(27)28)11-23(17)32/h8-13,25H,3-7,14H2,1-2H3. The summed E-state index contributed by atoms with van der Waals surface area (Å²) in [5.74, 6) is 0.0293. The molecule has 3 heterocycles. The number of aryl methyl sites for hydroxylation is 2. The zero-order chi connectivity index (χ0) is 23.3. The van der Waals surface area contributed by atoms with E-state index in [0.29, 0.717) is 35.8 Å². The third-order valence-electron chi connectivity index (χ3n) is 6.64. The number of alkyl halides is 2. The van der Waals surface area contributed by atoms with E-state index in [-0.39, 0.29) is 11.5 Å². The van der Waals surface area contributed by atoms with E-state index in [2.05, 4.69) is 10.00 Å². The molecule has 0 spiro atoms. The van der Waals surface area contributed by atoms with E-state index in [9.17, 15) is 13.6 Å². The first-order valence-corrected chi connectivity index (χ1v) is 11.5. The van der Waals surface area contributed by atoms with Gasteiger partial charge in [-0.3, -0.25) is 9.48 Å². The van der Waals surface area contributed by atoms with Gasteiger partial charge >= 0.3 is 0 Å². The number of rotatable bonds is 3. The van der Waals surface area contributed by atoms with Crippen LogP contribution in [0.25, 0.3) is 11.1 Å². The van der Waals surface area contributed by atoms with E-state index in [0.717, 1.165) is 47.3 Å². The fourth-order valence-electron chi connectivity index (χ4n) is 5.01. The first-order valence-electron chi connectivity index (χ1n) is 11.1. The highest BCUT2D eigenvalue weighted by atomic mass is 35.5. The van der Waals surface area contributed by atoms with Crippen LogP contribution in [0.5, 0.6) is 0 Å². The Hall–Kier alpha value is -2.93. The zero-order valence-electron chi connectivity index (χ0n) is 18.6. The highest BCUT2D eigenvalue weighted by Crippen LogP contribution is 2.43. The highest BCUT2D eigenvalue weighted by molar-refractivity contribution is 6.31. The summed E-state index contributed by atoms with van der Waals surface area (Å²) in [7, 11) is 1.78. The lowest BCUT2D eigenvalue weighted by molar-refractivity contribution is -0.129. The van der Waals surface area contributed by atoms with Gasteiger partial charge in [0, 0.05) is 67.3 Å². The molecule has 5 nitrogen and oxygen atoms in total. The predicted octanol–water partition coefficient (Wildman–Crippen LogP) is 5.67. The van der Waals surface area contributed by atoms with Crippen LogP contribution in [0.1, 0.15) is 42.0 Å². The first-order chi connectivity index (χ1) is 15.8. The predicted molar refractivity (Wildman–Crippen MR) is 125 cm³/mol. The van der Waals surface area contributed by atoms with E-state index in [1.165, 1.54) is 0 Å². The van der Waals surface area contributed by atoms with Crippen LogP contribution in [0.2, 0.25) is 5.02 Å². The maximum atomic E-state index is 14.2. The molecular formula is C25H25ClF2N4O. The van der Waals surface area contributed by atoms with Gasteiger partial charge in [0.1, 0.15) is 0 Å². The molecule has 33 heavy (non-hydrogen) atoms. The molecule has 0 aliphatic carbocycles. The summed E-state index contributed by atoms with van der Waals surface area (Å²) < 4.78 is 30.0. The summed E-state index contributed by atoms with van der Waals surface area (Å²) in [6.07, 6.45) is 3.20. The van der Waals surface area contributed by atoms with Crippen LogP contribution in [-0.2, 0) is 31.2 Å². The van der Waals surface area contributed by atoms with Crippen molar-refractivity contribution in [3.63, 3.8) is 0 Å². The highest BCUT2D eigenvalue weighted by Gasteiger charge is 2.29. The first kappa shape index (κ1) is 21.9. The molecule has 2 aromatic carbocycles. The van der Waals surface area contributed by atoms with E-state index in [4.69, 9.17) is 11.6 Å². The minimum absolute atomic E-state index is 0.00471. The number of carbonyl (C=O) groups excluding carboxylic acids is 1. The molecule has 0 saturated carbocycles. The smallest absolute Gasteiger partial charge is 0.264 e. The number of fused-ring (bicyclic) bond motifs is 2. The van der Waals surface area contributed by atoms with E-state index < -0.39 is 6.43 Å². The summed E-state index contributed by atoms with van der Waals surface area (Å²) in [4.78, 5) is 16.0. The van der Waals surface area contributed by atoms with Crippen molar-refractivity contribution in [3.05, 3.63) is 63.9 Å². The molecule has 3 aromatic rings. The average Bonchev–Trinajstić information content (AvgIpc) is 3.22. The monoisotopic (exact) mass is 470 g/mol. The number of amides is 1. The molecule has 0 saturated heterocycles. The lowest BCUT2D eigenvalue weighted by Crippen LogP contribution is -2.36. The van der Waals surface area contributed by atoms with Gasteiger partial charge in [-0.1, -0.05) is 11.6 Å². The van der Waals surface area contributed by atoms with Crippen LogP contribution in [0.15, 0.2) is 36.7 Å². The Morgan fingerprint density at radius 1 is 1.09 bits per heavy atom. The molecule has 0 N–H and O–H groups in total. The number of aromatic nitrogens is 2. The molecule has 2 aliphatic rings. The van der Waals surface area contributed by atoms with Crippen molar-refractivity contribution in [1.82, 2.24) is 14.7 Å². The van der Waals surface area contributed by atoms with Crippen molar-refractivity contribution in [2.24, 2.45) is 7.05 Å². The second-order valence-electron chi connectivity index (χ2n) is 8.78. The molecule has 0 atom stereocenters. The number of nitrogens with zero attached hydrogens (tertiary/aromatic N) is 4. The normalized spacial score (nSPS) is 15.6. The average molecular weight is 471 g/mol. The fraction of sp³-hybridized carbons (Fsp3) is 0.360. The Bertz CT molecular complexity index is 1240. The van der Waals surface area contributed by atoms with E-state index in [1.807, 2.05) is 23.1 Å². The van der Waals surface area contributed by atoms with E-state index in [1.54, 1.807) is 37.1 Å². The van der Waals surface area contributed by atoms with Crippen molar-refractivity contribution in [2.45, 2.75) is 39.2 Å². The van der Waals surface area contributed by atoms with Crippen LogP contribution >= 0.6 is 11.6 Å². The Kier molecular flexibility index (Phi) is 5.60. The summed E-state index contributed by atoms with van der Waals surface area (Å²) in [6.45, 7) is 3.43. The molecule has 0 unspecified atom stereocenters. The molecule has 172 valence electrons. The molecule has 0 bridgehead atoms. The zero-order valence-corrected chi connectivity index (χ0v) is 19.4. The van der Waals surface area contributed by atoms with Crippen molar-refractivity contribution in [3.8, 4) is 11.1 Å². The summed E-state index contributed by atoms with van der Waals surface area (Å²) in [5.41, 5.74) is 6.08. The van der Waals surface area contributed by atoms with Crippen LogP contribution in [0.4, 0.5) is 20.2 Å². The van der Waals surface area contributed by atoms with Crippen molar-refractivity contribution < 1.29 is 13.6 Å². The van der Waals surface area contributed by atoms with Gasteiger partial charge < -0.3 is 9.80 Å². The number of anilines is 2. The van der Waals surface area contributed by atoms with Gasteiger partial charge in [-0.15, -0.1) is 0 Å². The number of carbonyl (C=O) groups is 1. The Morgan fingerprint density at radius 3 is 2.61 bits per heavy atom. The van der Waals surface area contributed by atoms with E-state index >= 15 is 0 Å². The Labute approximate surface area is 196 Å². The van der Waals surface area contributed by atoms with Crippen LogP contribution in [0.3, 0.4) is 0 Å². The summed E-state index contributed by atoms with van der Waals surface area (Å²) in [6, 6.07) is 7.37. The number of hydrogen-bond acceptors (Lipinski definition) is 3. The molecule has 5 rings (SSSR count). The Morgan fingerprint density at radius 2 is 1.91 bits per heavy atom. The second kappa shape index (κ2) is 8.45. The third kappa shape index (κ3) is 3.99. The SMILES string of the molecule is CC(=O)N1CCc2cc(Cl)cc(N3CCCc4cc(-c5cnn(C)c5)c(C(F)F)cc43)c2C1. The molecule has 2 aliphatic heterocycles. The van der Waals surface area contributed by atoms with Crippen molar-refractivity contribution in [1.29, 1.82) is 0 Å². The van der Waals surface area contributed by atoms with Gasteiger partial charge in [0.2, 0.25) is 5.91 Å². The molecule has 0 radical (unpaired) electrons. The lowest BCUT2D eigenvalue weighted by atomic mass is 9.91. The number of halogens is 3. The van der Waals surface area contributed by atoms with Gasteiger partial charge in [0.25, 0.3) is 6.43 Å². The van der Waals surface area contributed by atoms with Gasteiger partial charge in [0.15, 0.2) is 0 Å². The Balaban J connectivity index is 1.65. The van der Waals surface area contributed by atoms with Crippen molar-refractivity contribution >= 4 is 28.9 Å². The maximum Gasteiger partial charge on any atom is 0.264 e. The maximum absolute atomic E-state index is 14.2. The minimum Gasteiger partial charge on any atom is -0.341 e. The second-order valence-corrected chi connectivity index (χ2v) is 9.22. The number of benzene rings is 2. The molecule has 1 amide bonds. The number of hydrogen-bond donors (Lipinski definition) is 0. The van der Waals surface area contributed by atoms with Crippen molar-refractivity contribution in [2.75, 3.05) is 18.0 Å². The minimum atomic E-state index is -2.62. The molecule has 1 aromatic heterocycles. The topological polar surface area (TPSA) is 41.4 Å². The van der Waals surface area contributed by atoms with Crippen LogP contribution < -0.4 is 4.90 Å². The summed E-state index contributed by atoms with van der Waals surface area (Å²) >= 11 is 6.48. The molecule has 0 fully saturated rings. The van der Waals surface area contributed by atoms with Crippen LogP contribution in [0, 0.1) is 0 Å². The largest absolute Gasteiger partial charge is 0.341 e. The van der Waals surface area contributed by atoms with Gasteiger partial charge in [-0.25, -0.2) is 8.78 Å². The summed E-state index contributed by atoms with van der Waals surface area (Å²) in [5, 5.41) is 4.78. The molecule has 8 heteroatoms.